The van der Waals surface area contributed by atoms with Gasteiger partial charge in [0.05, 0.1) is 24.5 Å². The molecule has 0 atom stereocenters. The van der Waals surface area contributed by atoms with E-state index in [1.807, 2.05) is 13.8 Å². The molecule has 0 radical (unpaired) electrons. The van der Waals surface area contributed by atoms with E-state index in [0.29, 0.717) is 40.4 Å². The van der Waals surface area contributed by atoms with Gasteiger partial charge in [0.15, 0.2) is 6.61 Å². The standard InChI is InChI=1S/C19H20BrNO5/c1-3-24-13-9-10-17(25-4-2)16(11-13)21-18(22)12-26-19(23)14-7-5-6-8-15(14)20/h5-11H,3-4,12H2,1-2H3,(H,21,22). The third-order valence-electron chi connectivity index (χ3n) is 3.26. The maximum absolute atomic E-state index is 12.2. The number of amides is 1. The first kappa shape index (κ1) is 19.8. The van der Waals surface area contributed by atoms with Crippen LogP contribution in [0.2, 0.25) is 0 Å². The van der Waals surface area contributed by atoms with Gasteiger partial charge in [0, 0.05) is 10.5 Å². The van der Waals surface area contributed by atoms with Gasteiger partial charge in [-0.3, -0.25) is 4.79 Å². The summed E-state index contributed by atoms with van der Waals surface area (Å²) in [6.07, 6.45) is 0. The summed E-state index contributed by atoms with van der Waals surface area (Å²) in [4.78, 5) is 24.2. The van der Waals surface area contributed by atoms with Crippen molar-refractivity contribution in [3.63, 3.8) is 0 Å². The van der Waals surface area contributed by atoms with Gasteiger partial charge in [0.2, 0.25) is 0 Å². The smallest absolute Gasteiger partial charge is 0.339 e. The number of benzene rings is 2. The number of halogens is 1. The topological polar surface area (TPSA) is 73.9 Å². The summed E-state index contributed by atoms with van der Waals surface area (Å²) in [6, 6.07) is 12.0. The molecule has 2 aromatic rings. The molecule has 0 bridgehead atoms. The van der Waals surface area contributed by atoms with Crippen molar-refractivity contribution in [2.45, 2.75) is 13.8 Å². The minimum Gasteiger partial charge on any atom is -0.494 e. The van der Waals surface area contributed by atoms with Crippen molar-refractivity contribution in [2.24, 2.45) is 0 Å². The largest absolute Gasteiger partial charge is 0.494 e. The molecular formula is C19H20BrNO5. The molecule has 0 aliphatic heterocycles. The van der Waals surface area contributed by atoms with Crippen LogP contribution in [0.5, 0.6) is 11.5 Å². The monoisotopic (exact) mass is 421 g/mol. The molecule has 0 unspecified atom stereocenters. The van der Waals surface area contributed by atoms with Crippen LogP contribution in [0.4, 0.5) is 5.69 Å². The maximum atomic E-state index is 12.2. The molecule has 1 N–H and O–H groups in total. The zero-order chi connectivity index (χ0) is 18.9. The Morgan fingerprint density at radius 2 is 1.77 bits per heavy atom. The molecule has 0 saturated heterocycles. The molecular weight excluding hydrogens is 402 g/mol. The van der Waals surface area contributed by atoms with Crippen molar-refractivity contribution in [1.82, 2.24) is 0 Å². The predicted octanol–water partition coefficient (Wildman–Crippen LogP) is 4.04. The van der Waals surface area contributed by atoms with Crippen LogP contribution >= 0.6 is 15.9 Å². The van der Waals surface area contributed by atoms with Crippen molar-refractivity contribution in [3.8, 4) is 11.5 Å². The zero-order valence-electron chi connectivity index (χ0n) is 14.6. The highest BCUT2D eigenvalue weighted by Crippen LogP contribution is 2.29. The number of carbonyl (C=O) groups is 2. The van der Waals surface area contributed by atoms with Crippen molar-refractivity contribution in [3.05, 3.63) is 52.5 Å². The van der Waals surface area contributed by atoms with Gasteiger partial charge >= 0.3 is 5.97 Å². The van der Waals surface area contributed by atoms with E-state index in [2.05, 4.69) is 21.2 Å². The SMILES string of the molecule is CCOc1ccc(OCC)c(NC(=O)COC(=O)c2ccccc2Br)c1. The van der Waals surface area contributed by atoms with Crippen LogP contribution < -0.4 is 14.8 Å². The van der Waals surface area contributed by atoms with Gasteiger partial charge in [0.25, 0.3) is 5.91 Å². The van der Waals surface area contributed by atoms with Crippen molar-refractivity contribution >= 4 is 33.5 Å². The van der Waals surface area contributed by atoms with E-state index in [4.69, 9.17) is 14.2 Å². The Morgan fingerprint density at radius 3 is 2.46 bits per heavy atom. The lowest BCUT2D eigenvalue weighted by atomic mass is 10.2. The predicted molar refractivity (Wildman–Crippen MR) is 102 cm³/mol. The van der Waals surface area contributed by atoms with Gasteiger partial charge in [0.1, 0.15) is 11.5 Å². The molecule has 0 fully saturated rings. The number of nitrogens with one attached hydrogen (secondary N) is 1. The number of rotatable bonds is 8. The molecule has 2 aromatic carbocycles. The zero-order valence-corrected chi connectivity index (χ0v) is 16.2. The first-order valence-corrected chi connectivity index (χ1v) is 8.95. The minimum atomic E-state index is -0.583. The van der Waals surface area contributed by atoms with Crippen LogP contribution in [0.3, 0.4) is 0 Å². The van der Waals surface area contributed by atoms with Crippen LogP contribution in [0, 0.1) is 0 Å². The molecule has 0 aliphatic rings. The first-order valence-electron chi connectivity index (χ1n) is 8.16. The Morgan fingerprint density at radius 1 is 1.04 bits per heavy atom. The summed E-state index contributed by atoms with van der Waals surface area (Å²) in [7, 11) is 0. The highest BCUT2D eigenvalue weighted by atomic mass is 79.9. The van der Waals surface area contributed by atoms with E-state index >= 15 is 0 Å². The van der Waals surface area contributed by atoms with Gasteiger partial charge in [-0.25, -0.2) is 4.79 Å². The lowest BCUT2D eigenvalue weighted by molar-refractivity contribution is -0.119. The molecule has 138 valence electrons. The summed E-state index contributed by atoms with van der Waals surface area (Å²) < 4.78 is 16.6. The third kappa shape index (κ3) is 5.49. The average molecular weight is 422 g/mol. The molecule has 1 amide bonds. The van der Waals surface area contributed by atoms with E-state index in [1.165, 1.54) is 0 Å². The van der Waals surface area contributed by atoms with Crippen LogP contribution in [0.25, 0.3) is 0 Å². The molecule has 6 nitrogen and oxygen atoms in total. The van der Waals surface area contributed by atoms with Gasteiger partial charge in [-0.1, -0.05) is 12.1 Å². The van der Waals surface area contributed by atoms with Crippen LogP contribution in [0.1, 0.15) is 24.2 Å². The summed E-state index contributed by atoms with van der Waals surface area (Å²) in [5.41, 5.74) is 0.813. The van der Waals surface area contributed by atoms with E-state index in [-0.39, 0.29) is 0 Å². The Balaban J connectivity index is 2.01. The Hall–Kier alpha value is -2.54. The van der Waals surface area contributed by atoms with Crippen molar-refractivity contribution < 1.29 is 23.8 Å². The summed E-state index contributed by atoms with van der Waals surface area (Å²) in [5.74, 6) is 0.0682. The molecule has 0 heterocycles. The van der Waals surface area contributed by atoms with E-state index in [1.54, 1.807) is 42.5 Å². The van der Waals surface area contributed by atoms with Gasteiger partial charge in [-0.05, 0) is 54.0 Å². The molecule has 0 spiro atoms. The highest BCUT2D eigenvalue weighted by molar-refractivity contribution is 9.10. The number of anilines is 1. The minimum absolute atomic E-state index is 0.355. The summed E-state index contributed by atoms with van der Waals surface area (Å²) >= 11 is 3.28. The quantitative estimate of drug-likeness (QED) is 0.650. The number of ether oxygens (including phenoxy) is 3. The molecule has 2 rings (SSSR count). The Bertz CT molecular complexity index is 778. The maximum Gasteiger partial charge on any atom is 0.339 e. The second-order valence-electron chi connectivity index (χ2n) is 5.13. The average Bonchev–Trinajstić information content (AvgIpc) is 2.62. The van der Waals surface area contributed by atoms with Gasteiger partial charge < -0.3 is 19.5 Å². The fraction of sp³-hybridized carbons (Fsp3) is 0.263. The highest BCUT2D eigenvalue weighted by Gasteiger charge is 2.14. The number of esters is 1. The normalized spacial score (nSPS) is 10.1. The summed E-state index contributed by atoms with van der Waals surface area (Å²) in [5, 5.41) is 2.68. The Labute approximate surface area is 160 Å². The van der Waals surface area contributed by atoms with Gasteiger partial charge in [-0.2, -0.15) is 0 Å². The Kier molecular flexibility index (Phi) is 7.47. The molecule has 0 saturated carbocycles. The van der Waals surface area contributed by atoms with Crippen LogP contribution in [-0.2, 0) is 9.53 Å². The molecule has 0 aliphatic carbocycles. The molecule has 7 heteroatoms. The fourth-order valence-corrected chi connectivity index (χ4v) is 2.61. The first-order chi connectivity index (χ1) is 12.5. The summed E-state index contributed by atoms with van der Waals surface area (Å²) in [6.45, 7) is 4.26. The second kappa shape index (κ2) is 9.82. The second-order valence-corrected chi connectivity index (χ2v) is 5.98. The third-order valence-corrected chi connectivity index (χ3v) is 3.96. The van der Waals surface area contributed by atoms with E-state index in [9.17, 15) is 9.59 Å². The number of hydrogen-bond acceptors (Lipinski definition) is 5. The molecule has 26 heavy (non-hydrogen) atoms. The van der Waals surface area contributed by atoms with Crippen molar-refractivity contribution in [2.75, 3.05) is 25.1 Å². The number of hydrogen-bond donors (Lipinski definition) is 1. The van der Waals surface area contributed by atoms with Crippen LogP contribution in [0.15, 0.2) is 46.9 Å². The number of carbonyl (C=O) groups excluding carboxylic acids is 2. The lowest BCUT2D eigenvalue weighted by Crippen LogP contribution is -2.21. The van der Waals surface area contributed by atoms with Gasteiger partial charge in [-0.15, -0.1) is 0 Å². The van der Waals surface area contributed by atoms with E-state index < -0.39 is 18.5 Å². The fourth-order valence-electron chi connectivity index (χ4n) is 2.17. The molecule has 0 aromatic heterocycles. The van der Waals surface area contributed by atoms with E-state index in [0.717, 1.165) is 0 Å². The lowest BCUT2D eigenvalue weighted by Gasteiger charge is -2.13. The van der Waals surface area contributed by atoms with Crippen LogP contribution in [-0.4, -0.2) is 31.7 Å². The van der Waals surface area contributed by atoms with Crippen molar-refractivity contribution in [1.29, 1.82) is 0 Å².